The van der Waals surface area contributed by atoms with Gasteiger partial charge in [0.25, 0.3) is 0 Å². The Hall–Kier alpha value is -1.75. The van der Waals surface area contributed by atoms with Crippen LogP contribution in [0.4, 0.5) is 0 Å². The zero-order valence-corrected chi connectivity index (χ0v) is 14.3. The van der Waals surface area contributed by atoms with Crippen molar-refractivity contribution in [2.24, 2.45) is 0 Å². The molecule has 1 saturated heterocycles. The fourth-order valence-electron chi connectivity index (χ4n) is 2.81. The van der Waals surface area contributed by atoms with Crippen LogP contribution in [0.3, 0.4) is 0 Å². The van der Waals surface area contributed by atoms with Gasteiger partial charge in [-0.1, -0.05) is 0 Å². The van der Waals surface area contributed by atoms with Crippen molar-refractivity contribution in [3.8, 4) is 11.5 Å². The Kier molecular flexibility index (Phi) is 7.20. The highest BCUT2D eigenvalue weighted by molar-refractivity contribution is 5.76. The molecule has 1 aliphatic rings. The van der Waals surface area contributed by atoms with Crippen molar-refractivity contribution < 1.29 is 14.3 Å². The van der Waals surface area contributed by atoms with E-state index in [0.29, 0.717) is 19.6 Å². The second-order valence-corrected chi connectivity index (χ2v) is 5.62. The normalized spacial score (nSPS) is 14.6. The van der Waals surface area contributed by atoms with Gasteiger partial charge in [-0.05, 0) is 50.5 Å². The zero-order valence-electron chi connectivity index (χ0n) is 14.3. The third-order valence-corrected chi connectivity index (χ3v) is 3.95. The molecule has 0 saturated carbocycles. The summed E-state index contributed by atoms with van der Waals surface area (Å²) in [5.74, 6) is 2.01. The maximum atomic E-state index is 12.2. The number of piperazine rings is 1. The van der Waals surface area contributed by atoms with Crippen LogP contribution in [0, 0.1) is 0 Å². The van der Waals surface area contributed by atoms with Gasteiger partial charge < -0.3 is 19.7 Å². The van der Waals surface area contributed by atoms with E-state index in [1.807, 2.05) is 36.9 Å². The van der Waals surface area contributed by atoms with Gasteiger partial charge in [-0.2, -0.15) is 0 Å². The van der Waals surface area contributed by atoms with E-state index in [4.69, 9.17) is 9.47 Å². The second-order valence-electron chi connectivity index (χ2n) is 5.62. The van der Waals surface area contributed by atoms with Crippen molar-refractivity contribution in [3.05, 3.63) is 23.8 Å². The van der Waals surface area contributed by atoms with Crippen LogP contribution in [0.25, 0.3) is 0 Å². The Morgan fingerprint density at radius 2 is 1.91 bits per heavy atom. The third-order valence-electron chi connectivity index (χ3n) is 3.95. The first-order valence-electron chi connectivity index (χ1n) is 8.61. The number of nitrogens with zero attached hydrogens (tertiary/aromatic N) is 1. The summed E-state index contributed by atoms with van der Waals surface area (Å²) < 4.78 is 11.2. The molecule has 5 nitrogen and oxygen atoms in total. The van der Waals surface area contributed by atoms with E-state index in [1.165, 1.54) is 0 Å². The number of benzene rings is 1. The smallest absolute Gasteiger partial charge is 0.222 e. The molecule has 23 heavy (non-hydrogen) atoms. The van der Waals surface area contributed by atoms with Crippen LogP contribution in [0.2, 0.25) is 0 Å². The summed E-state index contributed by atoms with van der Waals surface area (Å²) in [7, 11) is 0. The summed E-state index contributed by atoms with van der Waals surface area (Å²) in [6, 6.07) is 5.93. The predicted octanol–water partition coefficient (Wildman–Crippen LogP) is 2.24. The standard InChI is InChI=1S/C18H28N2O3/c1-3-22-16-8-9-17(23-4-2)15(14-16)6-5-7-18(21)20-12-10-19-11-13-20/h8-9,14,19H,3-7,10-13H2,1-2H3. The van der Waals surface area contributed by atoms with Gasteiger partial charge in [0.1, 0.15) is 11.5 Å². The number of carbonyl (C=O) groups excluding carboxylic acids is 1. The van der Waals surface area contributed by atoms with E-state index in [0.717, 1.165) is 56.1 Å². The van der Waals surface area contributed by atoms with Crippen LogP contribution in [-0.2, 0) is 11.2 Å². The minimum atomic E-state index is 0.255. The van der Waals surface area contributed by atoms with Crippen LogP contribution >= 0.6 is 0 Å². The van der Waals surface area contributed by atoms with E-state index in [9.17, 15) is 4.79 Å². The van der Waals surface area contributed by atoms with Crippen molar-refractivity contribution in [1.29, 1.82) is 0 Å². The summed E-state index contributed by atoms with van der Waals surface area (Å²) >= 11 is 0. The minimum absolute atomic E-state index is 0.255. The molecule has 128 valence electrons. The van der Waals surface area contributed by atoms with Gasteiger partial charge in [-0.25, -0.2) is 0 Å². The topological polar surface area (TPSA) is 50.8 Å². The number of nitrogens with one attached hydrogen (secondary N) is 1. The summed E-state index contributed by atoms with van der Waals surface area (Å²) in [6.45, 7) is 8.69. The molecule has 1 fully saturated rings. The van der Waals surface area contributed by atoms with Gasteiger partial charge in [0.2, 0.25) is 5.91 Å². The van der Waals surface area contributed by atoms with Crippen LogP contribution in [0.5, 0.6) is 11.5 Å². The average molecular weight is 320 g/mol. The lowest BCUT2D eigenvalue weighted by Crippen LogP contribution is -2.46. The van der Waals surface area contributed by atoms with Crippen LogP contribution in [-0.4, -0.2) is 50.2 Å². The number of amides is 1. The molecule has 0 radical (unpaired) electrons. The average Bonchev–Trinajstić information content (AvgIpc) is 2.58. The lowest BCUT2D eigenvalue weighted by atomic mass is 10.1. The monoisotopic (exact) mass is 320 g/mol. The number of hydrogen-bond donors (Lipinski definition) is 1. The maximum absolute atomic E-state index is 12.2. The van der Waals surface area contributed by atoms with Crippen molar-refractivity contribution in [3.63, 3.8) is 0 Å². The number of rotatable bonds is 8. The summed E-state index contributed by atoms with van der Waals surface area (Å²) in [5, 5.41) is 3.27. The van der Waals surface area contributed by atoms with E-state index in [1.54, 1.807) is 0 Å². The van der Waals surface area contributed by atoms with Gasteiger partial charge in [0.05, 0.1) is 13.2 Å². The van der Waals surface area contributed by atoms with Gasteiger partial charge in [0.15, 0.2) is 0 Å². The number of hydrogen-bond acceptors (Lipinski definition) is 4. The lowest BCUT2D eigenvalue weighted by molar-refractivity contribution is -0.131. The summed E-state index contributed by atoms with van der Waals surface area (Å²) in [4.78, 5) is 14.2. The van der Waals surface area contributed by atoms with Crippen molar-refractivity contribution in [2.45, 2.75) is 33.1 Å². The molecule has 5 heteroatoms. The highest BCUT2D eigenvalue weighted by atomic mass is 16.5. The number of aryl methyl sites for hydroxylation is 1. The predicted molar refractivity (Wildman–Crippen MR) is 91.2 cm³/mol. The summed E-state index contributed by atoms with van der Waals surface area (Å²) in [6.07, 6.45) is 2.25. The highest BCUT2D eigenvalue weighted by Gasteiger charge is 2.16. The minimum Gasteiger partial charge on any atom is -0.494 e. The fraction of sp³-hybridized carbons (Fsp3) is 0.611. The van der Waals surface area contributed by atoms with E-state index >= 15 is 0 Å². The molecule has 0 spiro atoms. The molecule has 1 N–H and O–H groups in total. The molecule has 1 aliphatic heterocycles. The molecule has 0 unspecified atom stereocenters. The van der Waals surface area contributed by atoms with E-state index in [2.05, 4.69) is 5.32 Å². The molecule has 1 amide bonds. The molecule has 0 atom stereocenters. The highest BCUT2D eigenvalue weighted by Crippen LogP contribution is 2.26. The van der Waals surface area contributed by atoms with Crippen LogP contribution in [0.1, 0.15) is 32.3 Å². The molecule has 1 aromatic rings. The first kappa shape index (κ1) is 17.6. The molecule has 0 aromatic heterocycles. The van der Waals surface area contributed by atoms with Gasteiger partial charge in [-0.15, -0.1) is 0 Å². The number of ether oxygens (including phenoxy) is 2. The van der Waals surface area contributed by atoms with Crippen molar-refractivity contribution >= 4 is 5.91 Å². The molecular formula is C18H28N2O3. The van der Waals surface area contributed by atoms with Gasteiger partial charge >= 0.3 is 0 Å². The maximum Gasteiger partial charge on any atom is 0.222 e. The third kappa shape index (κ3) is 5.43. The van der Waals surface area contributed by atoms with Crippen molar-refractivity contribution in [1.82, 2.24) is 10.2 Å². The molecule has 0 bridgehead atoms. The lowest BCUT2D eigenvalue weighted by Gasteiger charge is -2.27. The SMILES string of the molecule is CCOc1ccc(OCC)c(CCCC(=O)N2CCNCC2)c1. The zero-order chi connectivity index (χ0) is 16.5. The van der Waals surface area contributed by atoms with Gasteiger partial charge in [-0.3, -0.25) is 4.79 Å². The first-order chi connectivity index (χ1) is 11.2. The quantitative estimate of drug-likeness (QED) is 0.798. The Balaban J connectivity index is 1.89. The second kappa shape index (κ2) is 9.40. The van der Waals surface area contributed by atoms with E-state index in [-0.39, 0.29) is 5.91 Å². The Labute approximate surface area is 139 Å². The Bertz CT molecular complexity index is 499. The number of carbonyl (C=O) groups is 1. The Morgan fingerprint density at radius 1 is 1.17 bits per heavy atom. The Morgan fingerprint density at radius 3 is 2.61 bits per heavy atom. The molecule has 2 rings (SSSR count). The molecule has 0 aliphatic carbocycles. The van der Waals surface area contributed by atoms with Gasteiger partial charge in [0, 0.05) is 32.6 Å². The van der Waals surface area contributed by atoms with Crippen LogP contribution < -0.4 is 14.8 Å². The van der Waals surface area contributed by atoms with Crippen molar-refractivity contribution in [2.75, 3.05) is 39.4 Å². The van der Waals surface area contributed by atoms with E-state index < -0.39 is 0 Å². The van der Waals surface area contributed by atoms with Crippen LogP contribution in [0.15, 0.2) is 18.2 Å². The molecule has 1 aromatic carbocycles. The molecule has 1 heterocycles. The largest absolute Gasteiger partial charge is 0.494 e. The molecular weight excluding hydrogens is 292 g/mol. The first-order valence-corrected chi connectivity index (χ1v) is 8.61. The summed E-state index contributed by atoms with van der Waals surface area (Å²) in [5.41, 5.74) is 1.12. The fourth-order valence-corrected chi connectivity index (χ4v) is 2.81.